The van der Waals surface area contributed by atoms with Crippen molar-refractivity contribution in [2.75, 3.05) is 0 Å². The number of rotatable bonds is 2. The maximum atomic E-state index is 4.58. The maximum Gasteiger partial charge on any atom is 0.0746 e. The first-order valence-corrected chi connectivity index (χ1v) is 7.46. The molecule has 21 heavy (non-hydrogen) atoms. The summed E-state index contributed by atoms with van der Waals surface area (Å²) in [5, 5.41) is 9.16. The summed E-state index contributed by atoms with van der Waals surface area (Å²) in [6.45, 7) is 4.65. The molecule has 2 atom stereocenters. The van der Waals surface area contributed by atoms with Crippen LogP contribution in [0.4, 0.5) is 0 Å². The summed E-state index contributed by atoms with van der Waals surface area (Å²) in [5.74, 6) is 0.959. The standard InChI is InChI=1S/C19H18N2/c1-19(2)15-16(19)18(14-11-7-4-8-12-14)21-20-17(15)13-9-5-3-6-10-13/h3-12,15-16H,1-2H3. The van der Waals surface area contributed by atoms with Crippen LogP contribution in [0.2, 0.25) is 0 Å². The van der Waals surface area contributed by atoms with Gasteiger partial charge in [-0.1, -0.05) is 74.5 Å². The summed E-state index contributed by atoms with van der Waals surface area (Å²) in [7, 11) is 0. The lowest BCUT2D eigenvalue weighted by atomic mass is 9.99. The first-order valence-electron chi connectivity index (χ1n) is 7.46. The Hall–Kier alpha value is -2.22. The summed E-state index contributed by atoms with van der Waals surface area (Å²) in [5.41, 5.74) is 4.93. The summed E-state index contributed by atoms with van der Waals surface area (Å²) in [6, 6.07) is 20.9. The van der Waals surface area contributed by atoms with E-state index in [2.05, 4.69) is 72.6 Å². The van der Waals surface area contributed by atoms with Crippen molar-refractivity contribution in [3.05, 3.63) is 71.8 Å². The summed E-state index contributed by atoms with van der Waals surface area (Å²) in [4.78, 5) is 0. The van der Waals surface area contributed by atoms with Crippen molar-refractivity contribution in [1.29, 1.82) is 0 Å². The molecule has 0 aromatic heterocycles. The van der Waals surface area contributed by atoms with Gasteiger partial charge in [0.25, 0.3) is 0 Å². The Morgan fingerprint density at radius 2 is 1.05 bits per heavy atom. The number of hydrogen-bond donors (Lipinski definition) is 0. The van der Waals surface area contributed by atoms with Crippen molar-refractivity contribution in [2.45, 2.75) is 13.8 Å². The second-order valence-electron chi connectivity index (χ2n) is 6.48. The fourth-order valence-electron chi connectivity index (χ4n) is 3.58. The second-order valence-corrected chi connectivity index (χ2v) is 6.48. The molecule has 0 saturated heterocycles. The SMILES string of the molecule is CC1(C)C2C(c3ccccc3)=NN=C(c3ccccc3)C21. The third kappa shape index (κ3) is 1.86. The lowest BCUT2D eigenvalue weighted by Crippen LogP contribution is -2.15. The summed E-state index contributed by atoms with van der Waals surface area (Å²) >= 11 is 0. The van der Waals surface area contributed by atoms with E-state index >= 15 is 0 Å². The van der Waals surface area contributed by atoms with Crippen molar-refractivity contribution in [2.24, 2.45) is 27.5 Å². The van der Waals surface area contributed by atoms with Gasteiger partial charge in [-0.2, -0.15) is 10.2 Å². The van der Waals surface area contributed by atoms with Crippen LogP contribution >= 0.6 is 0 Å². The Kier molecular flexibility index (Phi) is 2.61. The fourth-order valence-corrected chi connectivity index (χ4v) is 3.58. The average Bonchev–Trinajstić information content (AvgIpc) is 3.12. The van der Waals surface area contributed by atoms with Gasteiger partial charge in [0.1, 0.15) is 0 Å². The van der Waals surface area contributed by atoms with E-state index in [1.807, 2.05) is 12.1 Å². The molecular formula is C19H18N2. The topological polar surface area (TPSA) is 24.7 Å². The molecule has 2 aromatic rings. The number of nitrogens with zero attached hydrogens (tertiary/aromatic N) is 2. The zero-order valence-electron chi connectivity index (χ0n) is 12.3. The average molecular weight is 274 g/mol. The molecule has 0 spiro atoms. The van der Waals surface area contributed by atoms with Gasteiger partial charge in [-0.05, 0) is 16.5 Å². The third-order valence-corrected chi connectivity index (χ3v) is 4.82. The van der Waals surface area contributed by atoms with Crippen molar-refractivity contribution < 1.29 is 0 Å². The van der Waals surface area contributed by atoms with E-state index < -0.39 is 0 Å². The van der Waals surface area contributed by atoms with Gasteiger partial charge in [-0.15, -0.1) is 0 Å². The van der Waals surface area contributed by atoms with Gasteiger partial charge in [-0.3, -0.25) is 0 Å². The van der Waals surface area contributed by atoms with Crippen LogP contribution < -0.4 is 0 Å². The molecule has 1 saturated carbocycles. The molecule has 1 fully saturated rings. The predicted octanol–water partition coefficient (Wildman–Crippen LogP) is 4.17. The molecule has 1 aliphatic heterocycles. The van der Waals surface area contributed by atoms with Crippen LogP contribution in [-0.2, 0) is 0 Å². The fraction of sp³-hybridized carbons (Fsp3) is 0.263. The quantitative estimate of drug-likeness (QED) is 0.785. The van der Waals surface area contributed by atoms with Crippen molar-refractivity contribution in [3.8, 4) is 0 Å². The van der Waals surface area contributed by atoms with E-state index in [1.54, 1.807) is 0 Å². The van der Waals surface area contributed by atoms with Gasteiger partial charge in [0.15, 0.2) is 0 Å². The zero-order valence-corrected chi connectivity index (χ0v) is 12.3. The van der Waals surface area contributed by atoms with Crippen LogP contribution in [0.15, 0.2) is 70.9 Å². The molecular weight excluding hydrogens is 256 g/mol. The van der Waals surface area contributed by atoms with Gasteiger partial charge in [0, 0.05) is 11.8 Å². The van der Waals surface area contributed by atoms with E-state index in [-0.39, 0.29) is 5.41 Å². The van der Waals surface area contributed by atoms with E-state index in [9.17, 15) is 0 Å². The highest BCUT2D eigenvalue weighted by Gasteiger charge is 2.63. The lowest BCUT2D eigenvalue weighted by Gasteiger charge is -2.11. The number of fused-ring (bicyclic) bond motifs is 1. The monoisotopic (exact) mass is 274 g/mol. The van der Waals surface area contributed by atoms with Gasteiger partial charge in [0.2, 0.25) is 0 Å². The molecule has 4 rings (SSSR count). The van der Waals surface area contributed by atoms with E-state index in [0.29, 0.717) is 11.8 Å². The Labute approximate surface area is 125 Å². The highest BCUT2D eigenvalue weighted by Crippen LogP contribution is 2.62. The van der Waals surface area contributed by atoms with Gasteiger partial charge in [-0.25, -0.2) is 0 Å². The highest BCUT2D eigenvalue weighted by atomic mass is 15.2. The molecule has 0 bridgehead atoms. The van der Waals surface area contributed by atoms with Crippen molar-refractivity contribution in [1.82, 2.24) is 0 Å². The smallest absolute Gasteiger partial charge is 0.0746 e. The number of hydrogen-bond acceptors (Lipinski definition) is 2. The van der Waals surface area contributed by atoms with E-state index in [0.717, 1.165) is 11.4 Å². The molecule has 1 aliphatic carbocycles. The minimum Gasteiger partial charge on any atom is -0.154 e. The largest absolute Gasteiger partial charge is 0.154 e. The molecule has 104 valence electrons. The molecule has 2 aromatic carbocycles. The normalized spacial score (nSPS) is 25.6. The highest BCUT2D eigenvalue weighted by molar-refractivity contribution is 6.15. The van der Waals surface area contributed by atoms with Crippen LogP contribution in [0.3, 0.4) is 0 Å². The van der Waals surface area contributed by atoms with Crippen LogP contribution in [0.5, 0.6) is 0 Å². The predicted molar refractivity (Wildman–Crippen MR) is 86.7 cm³/mol. The van der Waals surface area contributed by atoms with Crippen LogP contribution in [0.1, 0.15) is 25.0 Å². The van der Waals surface area contributed by atoms with Crippen LogP contribution in [0.25, 0.3) is 0 Å². The van der Waals surface area contributed by atoms with E-state index in [4.69, 9.17) is 0 Å². The molecule has 0 radical (unpaired) electrons. The molecule has 2 nitrogen and oxygen atoms in total. The third-order valence-electron chi connectivity index (χ3n) is 4.82. The molecule has 2 heteroatoms. The van der Waals surface area contributed by atoms with E-state index in [1.165, 1.54) is 11.1 Å². The van der Waals surface area contributed by atoms with Gasteiger partial charge < -0.3 is 0 Å². The van der Waals surface area contributed by atoms with Gasteiger partial charge in [0.05, 0.1) is 11.4 Å². The number of benzene rings is 2. The van der Waals surface area contributed by atoms with Crippen LogP contribution in [0, 0.1) is 17.3 Å². The first-order chi connectivity index (χ1) is 10.2. The van der Waals surface area contributed by atoms with Crippen LogP contribution in [-0.4, -0.2) is 11.4 Å². The first kappa shape index (κ1) is 12.5. The molecule has 1 heterocycles. The maximum absolute atomic E-state index is 4.58. The Balaban J connectivity index is 1.80. The molecule has 0 N–H and O–H groups in total. The Bertz CT molecular complexity index is 663. The minimum atomic E-state index is 0.236. The molecule has 0 amide bonds. The molecule has 2 aliphatic rings. The Morgan fingerprint density at radius 3 is 1.43 bits per heavy atom. The second kappa shape index (κ2) is 4.39. The minimum absolute atomic E-state index is 0.236. The summed E-state index contributed by atoms with van der Waals surface area (Å²) in [6.07, 6.45) is 0. The molecule has 2 unspecified atom stereocenters. The van der Waals surface area contributed by atoms with Crippen molar-refractivity contribution in [3.63, 3.8) is 0 Å². The van der Waals surface area contributed by atoms with Gasteiger partial charge >= 0.3 is 0 Å². The zero-order chi connectivity index (χ0) is 14.4. The lowest BCUT2D eigenvalue weighted by molar-refractivity contribution is 0.603. The summed E-state index contributed by atoms with van der Waals surface area (Å²) < 4.78 is 0. The van der Waals surface area contributed by atoms with Crippen molar-refractivity contribution >= 4 is 11.4 Å². The Morgan fingerprint density at radius 1 is 0.667 bits per heavy atom.